The average Bonchev–Trinajstić information content (AvgIpc) is 2.75. The normalized spacial score (nSPS) is 24.9. The fourth-order valence-electron chi connectivity index (χ4n) is 2.61. The van der Waals surface area contributed by atoms with Crippen molar-refractivity contribution >= 4 is 16.3 Å². The summed E-state index contributed by atoms with van der Waals surface area (Å²) < 4.78 is 7.29. The number of rotatable bonds is 2. The first-order chi connectivity index (χ1) is 9.11. The molecular weight excluding hydrogens is 262 g/mol. The number of hydrogen-bond donors (Lipinski definition) is 0. The molecule has 0 saturated carbocycles. The van der Waals surface area contributed by atoms with Crippen LogP contribution in [0, 0.1) is 0 Å². The molecule has 0 unspecified atom stereocenters. The number of aromatic nitrogens is 2. The van der Waals surface area contributed by atoms with Gasteiger partial charge in [-0.1, -0.05) is 0 Å². The Labute approximate surface area is 115 Å². The molecule has 0 aromatic carbocycles. The van der Waals surface area contributed by atoms with Crippen LogP contribution < -0.4 is 5.56 Å². The van der Waals surface area contributed by atoms with Crippen LogP contribution in [-0.4, -0.2) is 39.6 Å². The van der Waals surface area contributed by atoms with Gasteiger partial charge in [0.1, 0.15) is 0 Å². The van der Waals surface area contributed by atoms with Gasteiger partial charge in [0.25, 0.3) is 5.56 Å². The van der Waals surface area contributed by atoms with Crippen LogP contribution in [-0.2, 0) is 11.3 Å². The number of thiazole rings is 1. The van der Waals surface area contributed by atoms with E-state index in [1.807, 2.05) is 5.38 Å². The quantitative estimate of drug-likeness (QED) is 0.833. The molecule has 1 fully saturated rings. The Morgan fingerprint density at radius 2 is 2.16 bits per heavy atom. The summed E-state index contributed by atoms with van der Waals surface area (Å²) in [6.45, 7) is 6.63. The van der Waals surface area contributed by atoms with Crippen LogP contribution in [0.15, 0.2) is 22.4 Å². The summed E-state index contributed by atoms with van der Waals surface area (Å²) >= 11 is 1.49. The lowest BCUT2D eigenvalue weighted by Crippen LogP contribution is -2.45. The second kappa shape index (κ2) is 5.03. The average molecular weight is 279 g/mol. The zero-order valence-electron chi connectivity index (χ0n) is 11.1. The first-order valence-corrected chi connectivity index (χ1v) is 7.33. The van der Waals surface area contributed by atoms with Crippen molar-refractivity contribution in [3.63, 3.8) is 0 Å². The molecule has 0 aliphatic carbocycles. The van der Waals surface area contributed by atoms with E-state index in [1.54, 1.807) is 16.7 Å². The fourth-order valence-corrected chi connectivity index (χ4v) is 3.35. The van der Waals surface area contributed by atoms with Gasteiger partial charge in [0, 0.05) is 37.3 Å². The van der Waals surface area contributed by atoms with Gasteiger partial charge in [-0.05, 0) is 13.8 Å². The van der Waals surface area contributed by atoms with Gasteiger partial charge in [0.2, 0.25) is 0 Å². The number of fused-ring (bicyclic) bond motifs is 1. The van der Waals surface area contributed by atoms with E-state index in [1.165, 1.54) is 11.3 Å². The highest BCUT2D eigenvalue weighted by molar-refractivity contribution is 7.15. The van der Waals surface area contributed by atoms with Gasteiger partial charge in [-0.2, -0.15) is 0 Å². The SMILES string of the molecule is C[C@H]1CN(Cc2cc(=O)n3ccsc3n2)C[C@H](C)O1. The molecule has 0 spiro atoms. The van der Waals surface area contributed by atoms with Crippen LogP contribution in [0.1, 0.15) is 19.5 Å². The van der Waals surface area contributed by atoms with Crippen molar-refractivity contribution in [2.75, 3.05) is 13.1 Å². The zero-order chi connectivity index (χ0) is 13.4. The molecule has 1 saturated heterocycles. The lowest BCUT2D eigenvalue weighted by molar-refractivity contribution is -0.0707. The topological polar surface area (TPSA) is 46.8 Å². The minimum absolute atomic E-state index is 0.00407. The van der Waals surface area contributed by atoms with Crippen molar-refractivity contribution in [3.8, 4) is 0 Å². The summed E-state index contributed by atoms with van der Waals surface area (Å²) in [5, 5.41) is 1.88. The molecule has 3 heterocycles. The van der Waals surface area contributed by atoms with E-state index in [0.717, 1.165) is 23.7 Å². The maximum absolute atomic E-state index is 11.9. The molecule has 2 aromatic rings. The second-order valence-electron chi connectivity index (χ2n) is 5.09. The molecule has 1 aliphatic heterocycles. The number of ether oxygens (including phenoxy) is 1. The third-order valence-corrected chi connectivity index (χ3v) is 3.99. The Bertz CT molecular complexity index is 626. The van der Waals surface area contributed by atoms with E-state index in [-0.39, 0.29) is 17.8 Å². The molecule has 6 heteroatoms. The Kier molecular flexibility index (Phi) is 3.38. The van der Waals surface area contributed by atoms with Crippen LogP contribution >= 0.6 is 11.3 Å². The summed E-state index contributed by atoms with van der Waals surface area (Å²) in [5.74, 6) is 0. The van der Waals surface area contributed by atoms with E-state index in [4.69, 9.17) is 4.74 Å². The van der Waals surface area contributed by atoms with Gasteiger partial charge in [-0.25, -0.2) is 4.98 Å². The molecule has 0 radical (unpaired) electrons. The molecule has 0 amide bonds. The van der Waals surface area contributed by atoms with Crippen molar-refractivity contribution in [1.29, 1.82) is 0 Å². The first kappa shape index (κ1) is 12.8. The second-order valence-corrected chi connectivity index (χ2v) is 5.97. The van der Waals surface area contributed by atoms with Crippen molar-refractivity contribution < 1.29 is 4.74 Å². The van der Waals surface area contributed by atoms with Gasteiger partial charge >= 0.3 is 0 Å². The minimum Gasteiger partial charge on any atom is -0.373 e. The summed E-state index contributed by atoms with van der Waals surface area (Å²) in [7, 11) is 0. The molecule has 0 N–H and O–H groups in total. The highest BCUT2D eigenvalue weighted by Gasteiger charge is 2.22. The Balaban J connectivity index is 1.83. The number of morpholine rings is 1. The maximum Gasteiger partial charge on any atom is 0.258 e. The fraction of sp³-hybridized carbons (Fsp3) is 0.538. The van der Waals surface area contributed by atoms with Crippen molar-refractivity contribution in [2.45, 2.75) is 32.6 Å². The number of hydrogen-bond acceptors (Lipinski definition) is 5. The molecule has 0 bridgehead atoms. The van der Waals surface area contributed by atoms with Crippen LogP contribution in [0.2, 0.25) is 0 Å². The summed E-state index contributed by atoms with van der Waals surface area (Å²) in [5.41, 5.74) is 0.837. The van der Waals surface area contributed by atoms with Crippen molar-refractivity contribution in [2.24, 2.45) is 0 Å². The van der Waals surface area contributed by atoms with E-state index in [0.29, 0.717) is 6.54 Å². The van der Waals surface area contributed by atoms with Gasteiger partial charge in [0.05, 0.1) is 17.9 Å². The van der Waals surface area contributed by atoms with E-state index >= 15 is 0 Å². The van der Waals surface area contributed by atoms with Crippen molar-refractivity contribution in [1.82, 2.24) is 14.3 Å². The lowest BCUT2D eigenvalue weighted by atomic mass is 10.2. The van der Waals surface area contributed by atoms with Crippen molar-refractivity contribution in [3.05, 3.63) is 33.7 Å². The third-order valence-electron chi connectivity index (χ3n) is 3.24. The number of nitrogens with zero attached hydrogens (tertiary/aromatic N) is 3. The Morgan fingerprint density at radius 1 is 1.42 bits per heavy atom. The molecule has 2 aromatic heterocycles. The van der Waals surface area contributed by atoms with Crippen LogP contribution in [0.5, 0.6) is 0 Å². The summed E-state index contributed by atoms with van der Waals surface area (Å²) in [6, 6.07) is 1.63. The molecule has 3 rings (SSSR count). The third kappa shape index (κ3) is 2.70. The molecule has 102 valence electrons. The van der Waals surface area contributed by atoms with Gasteiger partial charge in [-0.15, -0.1) is 11.3 Å². The van der Waals surface area contributed by atoms with Crippen LogP contribution in [0.4, 0.5) is 0 Å². The zero-order valence-corrected chi connectivity index (χ0v) is 11.9. The van der Waals surface area contributed by atoms with Gasteiger partial charge in [0.15, 0.2) is 4.96 Å². The van der Waals surface area contributed by atoms with Crippen LogP contribution in [0.25, 0.3) is 4.96 Å². The molecule has 2 atom stereocenters. The summed E-state index contributed by atoms with van der Waals surface area (Å²) in [4.78, 5) is 19.5. The largest absolute Gasteiger partial charge is 0.373 e. The predicted octanol–water partition coefficient (Wildman–Crippen LogP) is 1.37. The highest BCUT2D eigenvalue weighted by Crippen LogP contribution is 2.14. The highest BCUT2D eigenvalue weighted by atomic mass is 32.1. The predicted molar refractivity (Wildman–Crippen MR) is 74.6 cm³/mol. The smallest absolute Gasteiger partial charge is 0.258 e. The van der Waals surface area contributed by atoms with E-state index < -0.39 is 0 Å². The van der Waals surface area contributed by atoms with Crippen LogP contribution in [0.3, 0.4) is 0 Å². The lowest BCUT2D eigenvalue weighted by Gasteiger charge is -2.34. The Morgan fingerprint density at radius 3 is 2.89 bits per heavy atom. The standard InChI is InChI=1S/C13H17N3O2S/c1-9-6-15(7-10(2)18-9)8-11-5-12(17)16-3-4-19-13(16)14-11/h3-5,9-10H,6-8H2,1-2H3/t9-,10-/m0/s1. The molecular formula is C13H17N3O2S. The van der Waals surface area contributed by atoms with Gasteiger partial charge in [-0.3, -0.25) is 14.1 Å². The summed E-state index contributed by atoms with van der Waals surface area (Å²) in [6.07, 6.45) is 2.23. The first-order valence-electron chi connectivity index (χ1n) is 6.45. The maximum atomic E-state index is 11.9. The van der Waals surface area contributed by atoms with E-state index in [9.17, 15) is 4.79 Å². The Hall–Kier alpha value is -1.24. The monoisotopic (exact) mass is 279 g/mol. The molecule has 1 aliphatic rings. The molecule has 19 heavy (non-hydrogen) atoms. The minimum atomic E-state index is -0.00407. The van der Waals surface area contributed by atoms with E-state index in [2.05, 4.69) is 23.7 Å². The van der Waals surface area contributed by atoms with Gasteiger partial charge < -0.3 is 4.74 Å². The molecule has 5 nitrogen and oxygen atoms in total.